The van der Waals surface area contributed by atoms with Crippen LogP contribution in [-0.2, 0) is 6.54 Å². The van der Waals surface area contributed by atoms with E-state index in [-0.39, 0.29) is 0 Å². The lowest BCUT2D eigenvalue weighted by Gasteiger charge is -2.01. The van der Waals surface area contributed by atoms with Gasteiger partial charge in [0.1, 0.15) is 5.15 Å². The van der Waals surface area contributed by atoms with Crippen LogP contribution in [0, 0.1) is 6.92 Å². The Morgan fingerprint density at radius 3 is 2.93 bits per heavy atom. The minimum atomic E-state index is 0.520. The maximum Gasteiger partial charge on any atom is 0.129 e. The molecule has 0 saturated carbocycles. The summed E-state index contributed by atoms with van der Waals surface area (Å²) in [6.45, 7) is 2.70. The van der Waals surface area contributed by atoms with Gasteiger partial charge in [-0.15, -0.1) is 0 Å². The molecule has 0 fully saturated rings. The fraction of sp³-hybridized carbons (Fsp3) is 0.200. The second-order valence-electron chi connectivity index (χ2n) is 3.14. The van der Waals surface area contributed by atoms with Gasteiger partial charge in [0.05, 0.1) is 12.2 Å². The number of hydrogen-bond acceptors (Lipinski definition) is 2. The topological polar surface area (TPSA) is 30.7 Å². The summed E-state index contributed by atoms with van der Waals surface area (Å²) >= 11 is 5.78. The molecule has 0 aliphatic rings. The van der Waals surface area contributed by atoms with Crippen LogP contribution in [0.1, 0.15) is 11.3 Å². The number of rotatable bonds is 2. The van der Waals surface area contributed by atoms with Crippen molar-refractivity contribution >= 4 is 11.6 Å². The van der Waals surface area contributed by atoms with Gasteiger partial charge < -0.3 is 0 Å². The van der Waals surface area contributed by atoms with Gasteiger partial charge in [-0.1, -0.05) is 11.6 Å². The molecule has 0 amide bonds. The summed E-state index contributed by atoms with van der Waals surface area (Å²) in [5, 5.41) is 4.81. The number of nitrogens with zero attached hydrogens (tertiary/aromatic N) is 3. The third kappa shape index (κ3) is 2.12. The van der Waals surface area contributed by atoms with Gasteiger partial charge in [-0.2, -0.15) is 5.10 Å². The van der Waals surface area contributed by atoms with Gasteiger partial charge in [-0.25, -0.2) is 4.98 Å². The molecule has 0 spiro atoms. The molecule has 2 rings (SSSR count). The van der Waals surface area contributed by atoms with Gasteiger partial charge in [0.15, 0.2) is 0 Å². The molecule has 2 heterocycles. The fourth-order valence-electron chi connectivity index (χ4n) is 1.28. The maximum absolute atomic E-state index is 5.78. The first-order valence-corrected chi connectivity index (χ1v) is 4.72. The first kappa shape index (κ1) is 9.21. The molecule has 0 bridgehead atoms. The Bertz CT molecular complexity index is 436. The highest BCUT2D eigenvalue weighted by Crippen LogP contribution is 2.08. The van der Waals surface area contributed by atoms with E-state index in [0.29, 0.717) is 5.15 Å². The maximum atomic E-state index is 5.78. The highest BCUT2D eigenvalue weighted by molar-refractivity contribution is 6.29. The highest BCUT2D eigenvalue weighted by atomic mass is 35.5. The van der Waals surface area contributed by atoms with Crippen molar-refractivity contribution in [3.05, 3.63) is 47.0 Å². The van der Waals surface area contributed by atoms with Crippen molar-refractivity contribution < 1.29 is 0 Å². The van der Waals surface area contributed by atoms with Gasteiger partial charge in [-0.3, -0.25) is 4.68 Å². The SMILES string of the molecule is Cc1ccn(Cc2ccnc(Cl)c2)n1. The summed E-state index contributed by atoms with van der Waals surface area (Å²) in [5.74, 6) is 0. The van der Waals surface area contributed by atoms with Crippen LogP contribution in [-0.4, -0.2) is 14.8 Å². The lowest BCUT2D eigenvalue weighted by Crippen LogP contribution is -2.00. The van der Waals surface area contributed by atoms with E-state index < -0.39 is 0 Å². The number of hydrogen-bond donors (Lipinski definition) is 0. The molecule has 0 atom stereocenters. The highest BCUT2D eigenvalue weighted by Gasteiger charge is 1.97. The van der Waals surface area contributed by atoms with Crippen molar-refractivity contribution in [3.8, 4) is 0 Å². The minimum absolute atomic E-state index is 0.520. The first-order chi connectivity index (χ1) is 6.74. The molecule has 0 aromatic carbocycles. The Morgan fingerprint density at radius 1 is 1.43 bits per heavy atom. The summed E-state index contributed by atoms with van der Waals surface area (Å²) < 4.78 is 1.88. The minimum Gasteiger partial charge on any atom is -0.268 e. The second kappa shape index (κ2) is 3.80. The average Bonchev–Trinajstić information content (AvgIpc) is 2.51. The van der Waals surface area contributed by atoms with Gasteiger partial charge in [0.2, 0.25) is 0 Å². The molecule has 2 aromatic heterocycles. The van der Waals surface area contributed by atoms with Crippen LogP contribution in [0.15, 0.2) is 30.6 Å². The summed E-state index contributed by atoms with van der Waals surface area (Å²) in [7, 11) is 0. The number of aryl methyl sites for hydroxylation is 1. The van der Waals surface area contributed by atoms with Crippen molar-refractivity contribution in [3.63, 3.8) is 0 Å². The Labute approximate surface area is 87.3 Å². The number of pyridine rings is 1. The standard InChI is InChI=1S/C10H10ClN3/c1-8-3-5-14(13-8)7-9-2-4-12-10(11)6-9/h2-6H,7H2,1H3. The van der Waals surface area contributed by atoms with Crippen molar-refractivity contribution in [1.82, 2.24) is 14.8 Å². The van der Waals surface area contributed by atoms with Crippen molar-refractivity contribution in [2.45, 2.75) is 13.5 Å². The second-order valence-corrected chi connectivity index (χ2v) is 3.53. The van der Waals surface area contributed by atoms with Crippen LogP contribution >= 0.6 is 11.6 Å². The lowest BCUT2D eigenvalue weighted by molar-refractivity contribution is 0.679. The van der Waals surface area contributed by atoms with E-state index in [4.69, 9.17) is 11.6 Å². The zero-order valence-electron chi connectivity index (χ0n) is 7.81. The fourth-order valence-corrected chi connectivity index (χ4v) is 1.48. The van der Waals surface area contributed by atoms with Crippen molar-refractivity contribution in [2.75, 3.05) is 0 Å². The smallest absolute Gasteiger partial charge is 0.129 e. The van der Waals surface area contributed by atoms with Gasteiger partial charge in [0, 0.05) is 12.4 Å². The largest absolute Gasteiger partial charge is 0.268 e. The van der Waals surface area contributed by atoms with E-state index in [2.05, 4.69) is 10.1 Å². The van der Waals surface area contributed by atoms with E-state index in [1.807, 2.05) is 36.0 Å². The van der Waals surface area contributed by atoms with Crippen molar-refractivity contribution in [2.24, 2.45) is 0 Å². The molecule has 4 heteroatoms. The van der Waals surface area contributed by atoms with Crippen LogP contribution < -0.4 is 0 Å². The molecule has 0 aliphatic carbocycles. The average molecular weight is 208 g/mol. The first-order valence-electron chi connectivity index (χ1n) is 4.34. The molecular formula is C10H10ClN3. The summed E-state index contributed by atoms with van der Waals surface area (Å²) in [6.07, 6.45) is 3.65. The Balaban J connectivity index is 2.18. The normalized spacial score (nSPS) is 10.4. The van der Waals surface area contributed by atoms with Crippen LogP contribution in [0.25, 0.3) is 0 Å². The van der Waals surface area contributed by atoms with Gasteiger partial charge >= 0.3 is 0 Å². The lowest BCUT2D eigenvalue weighted by atomic mass is 10.3. The number of aromatic nitrogens is 3. The molecule has 3 nitrogen and oxygen atoms in total. The Hall–Kier alpha value is -1.35. The van der Waals surface area contributed by atoms with E-state index in [9.17, 15) is 0 Å². The predicted octanol–water partition coefficient (Wildman–Crippen LogP) is 2.29. The predicted molar refractivity (Wildman–Crippen MR) is 55.3 cm³/mol. The third-order valence-electron chi connectivity index (χ3n) is 1.91. The van der Waals surface area contributed by atoms with Crippen LogP contribution in [0.5, 0.6) is 0 Å². The van der Waals surface area contributed by atoms with Gasteiger partial charge in [-0.05, 0) is 30.7 Å². The van der Waals surface area contributed by atoms with E-state index >= 15 is 0 Å². The van der Waals surface area contributed by atoms with Crippen LogP contribution in [0.3, 0.4) is 0 Å². The molecule has 2 aromatic rings. The van der Waals surface area contributed by atoms with Crippen LogP contribution in [0.2, 0.25) is 5.15 Å². The van der Waals surface area contributed by atoms with Gasteiger partial charge in [0.25, 0.3) is 0 Å². The van der Waals surface area contributed by atoms with Crippen molar-refractivity contribution in [1.29, 1.82) is 0 Å². The zero-order valence-corrected chi connectivity index (χ0v) is 8.57. The van der Waals surface area contributed by atoms with E-state index in [1.54, 1.807) is 6.20 Å². The quantitative estimate of drug-likeness (QED) is 0.708. The third-order valence-corrected chi connectivity index (χ3v) is 2.12. The molecule has 0 saturated heterocycles. The summed E-state index contributed by atoms with van der Waals surface area (Å²) in [6, 6.07) is 5.75. The molecule has 72 valence electrons. The molecule has 14 heavy (non-hydrogen) atoms. The van der Waals surface area contributed by atoms with E-state index in [1.165, 1.54) is 0 Å². The summed E-state index contributed by atoms with van der Waals surface area (Å²) in [5.41, 5.74) is 2.12. The number of halogens is 1. The molecule has 0 radical (unpaired) electrons. The molecule has 0 aliphatic heterocycles. The molecular weight excluding hydrogens is 198 g/mol. The monoisotopic (exact) mass is 207 g/mol. The molecule has 0 N–H and O–H groups in total. The summed E-state index contributed by atoms with van der Waals surface area (Å²) in [4.78, 5) is 3.92. The Morgan fingerprint density at radius 2 is 2.29 bits per heavy atom. The van der Waals surface area contributed by atoms with E-state index in [0.717, 1.165) is 17.8 Å². The molecule has 0 unspecified atom stereocenters. The Kier molecular flexibility index (Phi) is 2.50. The zero-order chi connectivity index (χ0) is 9.97. The van der Waals surface area contributed by atoms with Crippen LogP contribution in [0.4, 0.5) is 0 Å².